The molecular formula is C20H20N2O2. The lowest BCUT2D eigenvalue weighted by Gasteiger charge is -2.27. The molecule has 1 saturated heterocycles. The normalized spacial score (nSPS) is 26.8. The number of carbonyl (C=O) groups excluding carboxylic acids is 1. The summed E-state index contributed by atoms with van der Waals surface area (Å²) in [7, 11) is 0. The molecule has 2 N–H and O–H groups in total. The Hall–Kier alpha value is -2.33. The van der Waals surface area contributed by atoms with Crippen molar-refractivity contribution in [3.8, 4) is 11.5 Å². The highest BCUT2D eigenvalue weighted by Gasteiger charge is 2.52. The van der Waals surface area contributed by atoms with Gasteiger partial charge in [-0.2, -0.15) is 0 Å². The van der Waals surface area contributed by atoms with E-state index in [9.17, 15) is 4.79 Å². The van der Waals surface area contributed by atoms with Gasteiger partial charge in [-0.05, 0) is 43.0 Å². The van der Waals surface area contributed by atoms with E-state index in [0.717, 1.165) is 54.1 Å². The highest BCUT2D eigenvalue weighted by atomic mass is 16.5. The number of fused-ring (bicyclic) bond motifs is 3. The Labute approximate surface area is 141 Å². The molecule has 3 atom stereocenters. The van der Waals surface area contributed by atoms with Crippen LogP contribution in [-0.4, -0.2) is 25.5 Å². The molecule has 1 aliphatic carbocycles. The van der Waals surface area contributed by atoms with Crippen molar-refractivity contribution in [2.45, 2.75) is 5.92 Å². The van der Waals surface area contributed by atoms with E-state index >= 15 is 0 Å². The minimum Gasteiger partial charge on any atom is -0.457 e. The fraction of sp³-hybridized carbons (Fsp3) is 0.350. The Bertz CT molecular complexity index is 748. The monoisotopic (exact) mass is 320 g/mol. The van der Waals surface area contributed by atoms with Crippen LogP contribution < -0.4 is 15.4 Å². The van der Waals surface area contributed by atoms with Crippen molar-refractivity contribution in [2.24, 2.45) is 17.8 Å². The third-order valence-electron chi connectivity index (χ3n) is 5.72. The molecule has 2 fully saturated rings. The van der Waals surface area contributed by atoms with E-state index in [1.807, 2.05) is 48.5 Å². The molecule has 1 unspecified atom stereocenters. The first-order valence-corrected chi connectivity index (χ1v) is 8.67. The van der Waals surface area contributed by atoms with E-state index in [-0.39, 0.29) is 11.8 Å². The fourth-order valence-corrected chi connectivity index (χ4v) is 4.36. The average Bonchev–Trinajstić information content (AvgIpc) is 3.04. The van der Waals surface area contributed by atoms with Crippen LogP contribution in [0.1, 0.15) is 17.0 Å². The zero-order valence-corrected chi connectivity index (χ0v) is 13.4. The summed E-state index contributed by atoms with van der Waals surface area (Å²) in [5.41, 5.74) is 1.90. The van der Waals surface area contributed by atoms with Gasteiger partial charge in [0.15, 0.2) is 0 Å². The highest BCUT2D eigenvalue weighted by Crippen LogP contribution is 2.48. The second-order valence-electron chi connectivity index (χ2n) is 7.01. The lowest BCUT2D eigenvalue weighted by Crippen LogP contribution is -2.34. The van der Waals surface area contributed by atoms with Gasteiger partial charge in [-0.15, -0.1) is 0 Å². The minimum atomic E-state index is -0.289. The van der Waals surface area contributed by atoms with Gasteiger partial charge in [0.1, 0.15) is 11.5 Å². The predicted molar refractivity (Wildman–Crippen MR) is 91.2 cm³/mol. The third-order valence-corrected chi connectivity index (χ3v) is 5.72. The van der Waals surface area contributed by atoms with Crippen LogP contribution >= 0.6 is 0 Å². The molecule has 0 radical (unpaired) electrons. The maximum Gasteiger partial charge on any atom is 0.232 e. The summed E-state index contributed by atoms with van der Waals surface area (Å²) in [6.07, 6.45) is 0. The van der Waals surface area contributed by atoms with Crippen LogP contribution in [0.5, 0.6) is 11.5 Å². The van der Waals surface area contributed by atoms with Crippen molar-refractivity contribution in [1.29, 1.82) is 0 Å². The summed E-state index contributed by atoms with van der Waals surface area (Å²) in [5.74, 6) is 3.53. The van der Waals surface area contributed by atoms with Gasteiger partial charge in [0.25, 0.3) is 0 Å². The number of carbonyl (C=O) groups is 1. The van der Waals surface area contributed by atoms with Crippen LogP contribution in [-0.2, 0) is 4.79 Å². The van der Waals surface area contributed by atoms with Gasteiger partial charge in [0.2, 0.25) is 5.91 Å². The summed E-state index contributed by atoms with van der Waals surface area (Å²) in [4.78, 5) is 13.0. The SMILES string of the molecule is O=C(NC[C@H]1C2CNC[C@@H]21)C1c2ccccc2Oc2ccccc21. The van der Waals surface area contributed by atoms with Crippen molar-refractivity contribution in [2.75, 3.05) is 19.6 Å². The number of nitrogens with one attached hydrogen (secondary N) is 2. The third kappa shape index (κ3) is 2.13. The lowest BCUT2D eigenvalue weighted by molar-refractivity contribution is -0.121. The standard InChI is InChI=1S/C20H20N2O2/c23-20(22-11-16-14-9-21-10-15(14)16)19-12-5-1-3-7-17(12)24-18-8-4-2-6-13(18)19/h1-8,14-16,19,21H,9-11H2,(H,22,23)/t14-,15?,16+/m0/s1. The van der Waals surface area contributed by atoms with Crippen LogP contribution in [0, 0.1) is 17.8 Å². The molecule has 0 aromatic heterocycles. The molecule has 2 heterocycles. The number of piperidine rings is 1. The molecule has 2 aromatic rings. The molecule has 2 aromatic carbocycles. The zero-order chi connectivity index (χ0) is 16.1. The Morgan fingerprint density at radius 3 is 2.21 bits per heavy atom. The second kappa shape index (κ2) is 5.35. The maximum absolute atomic E-state index is 13.0. The van der Waals surface area contributed by atoms with E-state index in [4.69, 9.17) is 4.74 Å². The van der Waals surface area contributed by atoms with Gasteiger partial charge < -0.3 is 15.4 Å². The molecule has 1 amide bonds. The first kappa shape index (κ1) is 14.1. The van der Waals surface area contributed by atoms with E-state index in [2.05, 4.69) is 10.6 Å². The number of ether oxygens (including phenoxy) is 1. The van der Waals surface area contributed by atoms with E-state index in [1.165, 1.54) is 0 Å². The van der Waals surface area contributed by atoms with E-state index in [1.54, 1.807) is 0 Å². The minimum absolute atomic E-state index is 0.0798. The average molecular weight is 320 g/mol. The molecule has 2 aliphatic heterocycles. The molecule has 3 aliphatic rings. The predicted octanol–water partition coefficient (Wildman–Crippen LogP) is 2.51. The summed E-state index contributed by atoms with van der Waals surface area (Å²) < 4.78 is 5.97. The van der Waals surface area contributed by atoms with Gasteiger partial charge in [-0.25, -0.2) is 0 Å². The Morgan fingerprint density at radius 2 is 1.58 bits per heavy atom. The summed E-state index contributed by atoms with van der Waals surface area (Å²) >= 11 is 0. The van der Waals surface area contributed by atoms with Gasteiger partial charge in [0.05, 0.1) is 5.92 Å². The largest absolute Gasteiger partial charge is 0.457 e. The van der Waals surface area contributed by atoms with Gasteiger partial charge in [-0.3, -0.25) is 4.79 Å². The number of amides is 1. The Morgan fingerprint density at radius 1 is 1.00 bits per heavy atom. The quantitative estimate of drug-likeness (QED) is 0.913. The van der Waals surface area contributed by atoms with Crippen LogP contribution in [0.2, 0.25) is 0 Å². The Balaban J connectivity index is 1.41. The van der Waals surface area contributed by atoms with Crippen molar-refractivity contribution < 1.29 is 9.53 Å². The first-order chi connectivity index (χ1) is 11.8. The van der Waals surface area contributed by atoms with Crippen LogP contribution in [0.15, 0.2) is 48.5 Å². The van der Waals surface area contributed by atoms with Gasteiger partial charge in [-0.1, -0.05) is 36.4 Å². The number of benzene rings is 2. The van der Waals surface area contributed by atoms with Crippen molar-refractivity contribution in [3.63, 3.8) is 0 Å². The number of hydrogen-bond acceptors (Lipinski definition) is 3. The van der Waals surface area contributed by atoms with Crippen LogP contribution in [0.4, 0.5) is 0 Å². The maximum atomic E-state index is 13.0. The van der Waals surface area contributed by atoms with E-state index in [0.29, 0.717) is 5.92 Å². The molecule has 5 rings (SSSR count). The summed E-state index contributed by atoms with van der Waals surface area (Å²) in [6, 6.07) is 15.7. The van der Waals surface area contributed by atoms with Crippen molar-refractivity contribution in [1.82, 2.24) is 10.6 Å². The van der Waals surface area contributed by atoms with Gasteiger partial charge in [0, 0.05) is 17.7 Å². The van der Waals surface area contributed by atoms with Crippen LogP contribution in [0.3, 0.4) is 0 Å². The highest BCUT2D eigenvalue weighted by molar-refractivity contribution is 5.89. The fourth-order valence-electron chi connectivity index (χ4n) is 4.36. The number of rotatable bonds is 3. The zero-order valence-electron chi connectivity index (χ0n) is 13.4. The number of hydrogen-bond donors (Lipinski definition) is 2. The smallest absolute Gasteiger partial charge is 0.232 e. The van der Waals surface area contributed by atoms with Gasteiger partial charge >= 0.3 is 0 Å². The number of para-hydroxylation sites is 2. The van der Waals surface area contributed by atoms with Crippen molar-refractivity contribution >= 4 is 5.91 Å². The van der Waals surface area contributed by atoms with Crippen LogP contribution in [0.25, 0.3) is 0 Å². The molecule has 1 saturated carbocycles. The lowest BCUT2D eigenvalue weighted by atomic mass is 9.87. The molecule has 24 heavy (non-hydrogen) atoms. The second-order valence-corrected chi connectivity index (χ2v) is 7.01. The first-order valence-electron chi connectivity index (χ1n) is 8.67. The molecule has 0 spiro atoms. The summed E-state index contributed by atoms with van der Waals surface area (Å²) in [5, 5.41) is 6.60. The van der Waals surface area contributed by atoms with Crippen molar-refractivity contribution in [3.05, 3.63) is 59.7 Å². The Kier molecular flexibility index (Phi) is 3.13. The topological polar surface area (TPSA) is 50.4 Å². The molecule has 4 heteroatoms. The molecule has 4 nitrogen and oxygen atoms in total. The summed E-state index contributed by atoms with van der Waals surface area (Å²) in [6.45, 7) is 3.00. The molecule has 122 valence electrons. The molecular weight excluding hydrogens is 300 g/mol. The van der Waals surface area contributed by atoms with E-state index < -0.39 is 0 Å². The molecule has 0 bridgehead atoms.